The molecule has 0 aliphatic carbocycles. The highest BCUT2D eigenvalue weighted by Crippen LogP contribution is 2.32. The minimum Gasteiger partial charge on any atom is -0.504 e. The lowest BCUT2D eigenvalue weighted by Crippen LogP contribution is -2.37. The predicted molar refractivity (Wildman–Crippen MR) is 77.5 cm³/mol. The lowest BCUT2D eigenvalue weighted by molar-refractivity contribution is -0.133. The summed E-state index contributed by atoms with van der Waals surface area (Å²) in [7, 11) is 3.01. The zero-order valence-corrected chi connectivity index (χ0v) is 13.2. The molecule has 20 heavy (non-hydrogen) atoms. The van der Waals surface area contributed by atoms with Crippen LogP contribution in [0.4, 0.5) is 0 Å². The number of halogens is 1. The molecule has 0 radical (unpaired) electrons. The maximum Gasteiger partial charge on any atom is 0.239 e. The fraction of sp³-hybridized carbons (Fsp3) is 0.385. The molecule has 0 spiro atoms. The molecule has 2 N–H and O–H groups in total. The number of methoxy groups -OCH3 is 1. The van der Waals surface area contributed by atoms with Crippen molar-refractivity contribution in [2.75, 3.05) is 20.7 Å². The smallest absolute Gasteiger partial charge is 0.239 e. The number of amides is 2. The molecule has 2 amide bonds. The molecule has 0 aliphatic heterocycles. The van der Waals surface area contributed by atoms with Crippen LogP contribution in [0.1, 0.15) is 12.5 Å². The number of carbonyl (C=O) groups excluding carboxylic acids is 2. The summed E-state index contributed by atoms with van der Waals surface area (Å²) in [6, 6.07) is 3.14. The van der Waals surface area contributed by atoms with Gasteiger partial charge >= 0.3 is 0 Å². The molecule has 0 fully saturated rings. The maximum atomic E-state index is 11.7. The molecule has 0 unspecified atom stereocenters. The third kappa shape index (κ3) is 4.41. The van der Waals surface area contributed by atoms with Gasteiger partial charge in [-0.1, -0.05) is 15.9 Å². The van der Waals surface area contributed by atoms with Gasteiger partial charge < -0.3 is 20.1 Å². The van der Waals surface area contributed by atoms with E-state index in [9.17, 15) is 14.7 Å². The van der Waals surface area contributed by atoms with E-state index < -0.39 is 0 Å². The van der Waals surface area contributed by atoms with Crippen LogP contribution >= 0.6 is 15.9 Å². The molecule has 1 aromatic rings. The van der Waals surface area contributed by atoms with Gasteiger partial charge in [-0.2, -0.15) is 0 Å². The summed E-state index contributed by atoms with van der Waals surface area (Å²) in [5, 5.41) is 12.3. The number of phenols is 1. The Hall–Kier alpha value is -1.76. The Balaban J connectivity index is 2.66. The lowest BCUT2D eigenvalue weighted by atomic mass is 10.2. The van der Waals surface area contributed by atoms with E-state index in [0.717, 1.165) is 5.56 Å². The van der Waals surface area contributed by atoms with Crippen molar-refractivity contribution in [2.45, 2.75) is 13.5 Å². The number of phenolic OH excluding ortho intramolecular Hbond substituents is 1. The van der Waals surface area contributed by atoms with Crippen molar-refractivity contribution >= 4 is 27.7 Å². The summed E-state index contributed by atoms with van der Waals surface area (Å²) in [6.07, 6.45) is 0. The van der Waals surface area contributed by atoms with Crippen LogP contribution in [0.2, 0.25) is 0 Å². The summed E-state index contributed by atoms with van der Waals surface area (Å²) < 4.78 is 5.67. The predicted octanol–water partition coefficient (Wildman–Crippen LogP) is 1.26. The van der Waals surface area contributed by atoms with E-state index in [1.165, 1.54) is 25.0 Å². The number of carbonyl (C=O) groups is 2. The molecule has 1 rings (SSSR count). The maximum absolute atomic E-state index is 11.7. The summed E-state index contributed by atoms with van der Waals surface area (Å²) in [6.45, 7) is 1.67. The minimum atomic E-state index is -0.262. The van der Waals surface area contributed by atoms with Gasteiger partial charge in [0.2, 0.25) is 11.8 Å². The number of hydrogen-bond donors (Lipinski definition) is 2. The van der Waals surface area contributed by atoms with Crippen LogP contribution in [0.3, 0.4) is 0 Å². The van der Waals surface area contributed by atoms with Crippen molar-refractivity contribution in [3.05, 3.63) is 22.2 Å². The molecule has 0 bridgehead atoms. The Bertz CT molecular complexity index is 519. The van der Waals surface area contributed by atoms with Gasteiger partial charge in [0.15, 0.2) is 11.5 Å². The van der Waals surface area contributed by atoms with Crippen molar-refractivity contribution in [2.24, 2.45) is 0 Å². The van der Waals surface area contributed by atoms with Crippen molar-refractivity contribution in [3.63, 3.8) is 0 Å². The van der Waals surface area contributed by atoms with Crippen molar-refractivity contribution in [3.8, 4) is 11.5 Å². The van der Waals surface area contributed by atoms with Crippen LogP contribution in [0.5, 0.6) is 11.5 Å². The lowest BCUT2D eigenvalue weighted by Gasteiger charge is -2.15. The first-order valence-corrected chi connectivity index (χ1v) is 6.68. The standard InChI is InChI=1S/C13H17BrN2O4/c1-8(17)16(2)7-13(19)15-6-9-4-12(20-3)11(18)5-10(9)14/h4-5,18H,6-7H2,1-3H3,(H,15,19). The number of benzene rings is 1. The third-order valence-corrected chi connectivity index (χ3v) is 3.48. The van der Waals surface area contributed by atoms with E-state index in [0.29, 0.717) is 10.2 Å². The topological polar surface area (TPSA) is 78.9 Å². The molecule has 0 aliphatic rings. The number of rotatable bonds is 5. The molecular formula is C13H17BrN2O4. The summed E-state index contributed by atoms with van der Waals surface area (Å²) >= 11 is 3.30. The third-order valence-electron chi connectivity index (χ3n) is 2.74. The molecule has 7 heteroatoms. The number of likely N-dealkylation sites (N-methyl/N-ethyl adjacent to an activating group) is 1. The Kier molecular flexibility index (Phi) is 5.82. The number of nitrogens with zero attached hydrogens (tertiary/aromatic N) is 1. The molecule has 0 heterocycles. The number of aromatic hydroxyl groups is 1. The molecule has 1 aromatic carbocycles. The van der Waals surface area contributed by atoms with E-state index in [1.807, 2.05) is 0 Å². The molecule has 110 valence electrons. The van der Waals surface area contributed by atoms with Crippen LogP contribution in [0, 0.1) is 0 Å². The monoisotopic (exact) mass is 344 g/mol. The molecule has 0 atom stereocenters. The first-order valence-electron chi connectivity index (χ1n) is 5.89. The van der Waals surface area contributed by atoms with E-state index in [1.54, 1.807) is 13.1 Å². The van der Waals surface area contributed by atoms with Crippen molar-refractivity contribution in [1.29, 1.82) is 0 Å². The van der Waals surface area contributed by atoms with Crippen LogP contribution < -0.4 is 10.1 Å². The number of nitrogens with one attached hydrogen (secondary N) is 1. The zero-order chi connectivity index (χ0) is 15.3. The van der Waals surface area contributed by atoms with Crippen molar-refractivity contribution in [1.82, 2.24) is 10.2 Å². The quantitative estimate of drug-likeness (QED) is 0.842. The molecule has 6 nitrogen and oxygen atoms in total. The second-order valence-electron chi connectivity index (χ2n) is 4.27. The van der Waals surface area contributed by atoms with Crippen LogP contribution in [-0.4, -0.2) is 42.5 Å². The van der Waals surface area contributed by atoms with Crippen LogP contribution in [-0.2, 0) is 16.1 Å². The fourth-order valence-corrected chi connectivity index (χ4v) is 1.93. The summed E-state index contributed by atoms with van der Waals surface area (Å²) in [5.74, 6) is -0.0849. The van der Waals surface area contributed by atoms with Gasteiger partial charge in [0.05, 0.1) is 13.7 Å². The molecular weight excluding hydrogens is 328 g/mol. The fourth-order valence-electron chi connectivity index (χ4n) is 1.46. The van der Waals surface area contributed by atoms with Gasteiger partial charge in [-0.25, -0.2) is 0 Å². The number of hydrogen-bond acceptors (Lipinski definition) is 4. The van der Waals surface area contributed by atoms with Crippen LogP contribution in [0.15, 0.2) is 16.6 Å². The van der Waals surface area contributed by atoms with Crippen molar-refractivity contribution < 1.29 is 19.4 Å². The Morgan fingerprint density at radius 2 is 2.10 bits per heavy atom. The molecule has 0 saturated heterocycles. The molecule has 0 aromatic heterocycles. The Morgan fingerprint density at radius 1 is 1.45 bits per heavy atom. The van der Waals surface area contributed by atoms with Gasteiger partial charge in [0.25, 0.3) is 0 Å². The minimum absolute atomic E-state index is 0.00215. The van der Waals surface area contributed by atoms with E-state index in [-0.39, 0.29) is 30.7 Å². The average Bonchev–Trinajstić information content (AvgIpc) is 2.37. The van der Waals surface area contributed by atoms with Gasteiger partial charge in [-0.15, -0.1) is 0 Å². The van der Waals surface area contributed by atoms with Crippen LogP contribution in [0.25, 0.3) is 0 Å². The zero-order valence-electron chi connectivity index (χ0n) is 11.6. The highest BCUT2D eigenvalue weighted by Gasteiger charge is 2.11. The largest absolute Gasteiger partial charge is 0.504 e. The first-order chi connectivity index (χ1) is 9.35. The van der Waals surface area contributed by atoms with E-state index >= 15 is 0 Å². The Labute approximate surface area is 125 Å². The van der Waals surface area contributed by atoms with Gasteiger partial charge in [-0.05, 0) is 17.7 Å². The number of ether oxygens (including phenoxy) is 1. The van der Waals surface area contributed by atoms with Gasteiger partial charge in [0, 0.05) is 25.0 Å². The average molecular weight is 345 g/mol. The van der Waals surface area contributed by atoms with E-state index in [2.05, 4.69) is 21.2 Å². The summed E-state index contributed by atoms with van der Waals surface area (Å²) in [5.41, 5.74) is 0.762. The van der Waals surface area contributed by atoms with E-state index in [4.69, 9.17) is 4.74 Å². The highest BCUT2D eigenvalue weighted by atomic mass is 79.9. The Morgan fingerprint density at radius 3 is 2.65 bits per heavy atom. The highest BCUT2D eigenvalue weighted by molar-refractivity contribution is 9.10. The SMILES string of the molecule is COc1cc(CNC(=O)CN(C)C(C)=O)c(Br)cc1O. The second-order valence-corrected chi connectivity index (χ2v) is 5.12. The van der Waals surface area contributed by atoms with Gasteiger partial charge in [-0.3, -0.25) is 9.59 Å². The van der Waals surface area contributed by atoms with Gasteiger partial charge in [0.1, 0.15) is 0 Å². The first kappa shape index (κ1) is 16.3. The second kappa shape index (κ2) is 7.14. The molecule has 0 saturated carbocycles. The normalized spacial score (nSPS) is 10.0. The summed E-state index contributed by atoms with van der Waals surface area (Å²) in [4.78, 5) is 24.0.